The Balaban J connectivity index is 1.12. The van der Waals surface area contributed by atoms with E-state index >= 15 is 0 Å². The van der Waals surface area contributed by atoms with Gasteiger partial charge in [-0.05, 0) is 37.5 Å². The van der Waals surface area contributed by atoms with Crippen LogP contribution in [-0.4, -0.2) is 52.0 Å². The molecule has 12 heteroatoms. The normalized spacial score (nSPS) is 29.8. The van der Waals surface area contributed by atoms with Crippen LogP contribution in [0.1, 0.15) is 37.4 Å². The van der Waals surface area contributed by atoms with Crippen LogP contribution in [0.3, 0.4) is 0 Å². The van der Waals surface area contributed by atoms with Gasteiger partial charge in [-0.3, -0.25) is 14.2 Å². The third-order valence-corrected chi connectivity index (χ3v) is 6.62. The molecule has 0 saturated heterocycles. The predicted octanol–water partition coefficient (Wildman–Crippen LogP) is 3.08. The van der Waals surface area contributed by atoms with Crippen molar-refractivity contribution in [3.8, 4) is 11.5 Å². The van der Waals surface area contributed by atoms with Crippen LogP contribution in [-0.2, 0) is 15.1 Å². The van der Waals surface area contributed by atoms with Gasteiger partial charge in [0.1, 0.15) is 12.4 Å². The summed E-state index contributed by atoms with van der Waals surface area (Å²) in [6.45, 7) is -0.856. The molecule has 1 aromatic carbocycles. The zero-order chi connectivity index (χ0) is 23.4. The number of amides is 1. The van der Waals surface area contributed by atoms with Gasteiger partial charge in [-0.1, -0.05) is 11.6 Å². The van der Waals surface area contributed by atoms with E-state index in [0.717, 1.165) is 0 Å². The third-order valence-electron chi connectivity index (χ3n) is 6.38. The Morgan fingerprint density at radius 2 is 2.09 bits per heavy atom. The summed E-state index contributed by atoms with van der Waals surface area (Å²) in [6, 6.07) is 4.92. The van der Waals surface area contributed by atoms with E-state index in [9.17, 15) is 23.1 Å². The second-order valence-electron chi connectivity index (χ2n) is 8.83. The number of aromatic nitrogens is 2. The molecule has 2 atom stereocenters. The quantitative estimate of drug-likeness (QED) is 0.583. The first-order valence-electron chi connectivity index (χ1n) is 10.4. The van der Waals surface area contributed by atoms with Gasteiger partial charge in [0.15, 0.2) is 11.9 Å². The molecular weight excluding hydrogens is 467 g/mol. The van der Waals surface area contributed by atoms with E-state index in [1.54, 1.807) is 29.1 Å². The Hall–Kier alpha value is -2.50. The monoisotopic (exact) mass is 487 g/mol. The number of rotatable bonds is 7. The number of fused-ring (bicyclic) bond motifs is 1. The maximum absolute atomic E-state index is 12.8. The van der Waals surface area contributed by atoms with E-state index in [0.29, 0.717) is 41.3 Å². The minimum absolute atomic E-state index is 0.137. The Labute approximate surface area is 191 Å². The molecule has 1 aromatic heterocycles. The van der Waals surface area contributed by atoms with Gasteiger partial charge in [0.2, 0.25) is 0 Å². The summed E-state index contributed by atoms with van der Waals surface area (Å²) < 4.78 is 52.4. The molecule has 2 bridgehead atoms. The first kappa shape index (κ1) is 22.3. The number of hydrogen-bond donors (Lipinski definition) is 2. The summed E-state index contributed by atoms with van der Waals surface area (Å²) >= 11 is 5.97. The van der Waals surface area contributed by atoms with Crippen molar-refractivity contribution < 1.29 is 37.3 Å². The molecule has 178 valence electrons. The highest BCUT2D eigenvalue weighted by Gasteiger charge is 2.70. The lowest BCUT2D eigenvalue weighted by atomic mass is 9.44. The maximum atomic E-state index is 12.8. The SMILES string of the molecule is O=C(NC12CC(n3cc(OCCOC(F)(F)F)cn3)(C1)C2)[C@H]1C[C@@H](O)c2cc(Cl)ccc2O1. The lowest BCUT2D eigenvalue weighted by Gasteiger charge is -2.70. The predicted molar refractivity (Wildman–Crippen MR) is 108 cm³/mol. The topological polar surface area (TPSA) is 94.8 Å². The second-order valence-corrected chi connectivity index (χ2v) is 9.26. The van der Waals surface area contributed by atoms with Crippen LogP contribution in [0.2, 0.25) is 5.02 Å². The van der Waals surface area contributed by atoms with Gasteiger partial charge in [-0.25, -0.2) is 0 Å². The minimum Gasteiger partial charge on any atom is -0.488 e. The number of alkyl halides is 3. The van der Waals surface area contributed by atoms with Crippen molar-refractivity contribution in [2.75, 3.05) is 13.2 Å². The summed E-state index contributed by atoms with van der Waals surface area (Å²) in [5, 5.41) is 18.2. The number of benzene rings is 1. The van der Waals surface area contributed by atoms with E-state index in [4.69, 9.17) is 21.1 Å². The summed E-state index contributed by atoms with van der Waals surface area (Å²) in [7, 11) is 0. The zero-order valence-corrected chi connectivity index (χ0v) is 18.0. The highest BCUT2D eigenvalue weighted by Crippen LogP contribution is 2.65. The van der Waals surface area contributed by atoms with E-state index in [-0.39, 0.29) is 30.0 Å². The summed E-state index contributed by atoms with van der Waals surface area (Å²) in [4.78, 5) is 12.8. The van der Waals surface area contributed by atoms with E-state index < -0.39 is 25.2 Å². The average Bonchev–Trinajstić information content (AvgIpc) is 3.15. The molecule has 2 aromatic rings. The average molecular weight is 488 g/mol. The Kier molecular flexibility index (Phi) is 5.26. The van der Waals surface area contributed by atoms with Crippen molar-refractivity contribution in [3.63, 3.8) is 0 Å². The molecular formula is C21H21ClF3N3O5. The number of carbonyl (C=O) groups excluding carboxylic acids is 1. The van der Waals surface area contributed by atoms with Crippen molar-refractivity contribution in [3.05, 3.63) is 41.2 Å². The molecule has 4 aliphatic rings. The number of aliphatic hydroxyl groups excluding tert-OH is 1. The molecule has 1 aliphatic heterocycles. The largest absolute Gasteiger partial charge is 0.522 e. The lowest BCUT2D eigenvalue weighted by Crippen LogP contribution is -2.79. The molecule has 3 aliphatic carbocycles. The molecule has 33 heavy (non-hydrogen) atoms. The van der Waals surface area contributed by atoms with Gasteiger partial charge in [0.05, 0.1) is 30.6 Å². The van der Waals surface area contributed by atoms with Gasteiger partial charge in [0.25, 0.3) is 5.91 Å². The standard InChI is InChI=1S/C21H21ClF3N3O5/c22-12-1-2-16-14(5-12)15(29)6-17(33-16)18(30)27-19-9-20(10-19,11-19)28-8-13(7-26-28)31-3-4-32-21(23,24)25/h1-2,5,7-8,15,17,29H,3-4,6,9-11H2,(H,27,30)/t15-,17-,19?,20?/m1/s1. The van der Waals surface area contributed by atoms with Crippen molar-refractivity contribution in [2.24, 2.45) is 0 Å². The fourth-order valence-electron chi connectivity index (χ4n) is 4.99. The van der Waals surface area contributed by atoms with Crippen molar-refractivity contribution in [1.82, 2.24) is 15.1 Å². The van der Waals surface area contributed by atoms with Crippen molar-refractivity contribution in [2.45, 2.75) is 55.3 Å². The van der Waals surface area contributed by atoms with Crippen LogP contribution in [0.15, 0.2) is 30.6 Å². The number of carbonyl (C=O) groups is 1. The number of nitrogens with one attached hydrogen (secondary N) is 1. The molecule has 6 rings (SSSR count). The van der Waals surface area contributed by atoms with E-state index in [2.05, 4.69) is 15.2 Å². The number of halogens is 4. The van der Waals surface area contributed by atoms with Crippen LogP contribution in [0.4, 0.5) is 13.2 Å². The summed E-state index contributed by atoms with van der Waals surface area (Å²) in [5.74, 6) is 0.515. The number of hydrogen-bond acceptors (Lipinski definition) is 6. The fourth-order valence-corrected chi connectivity index (χ4v) is 5.17. The smallest absolute Gasteiger partial charge is 0.488 e. The molecule has 0 spiro atoms. The molecule has 3 fully saturated rings. The minimum atomic E-state index is -4.68. The molecule has 2 heterocycles. The Morgan fingerprint density at radius 1 is 1.33 bits per heavy atom. The van der Waals surface area contributed by atoms with Gasteiger partial charge in [0, 0.05) is 22.5 Å². The highest BCUT2D eigenvalue weighted by molar-refractivity contribution is 6.30. The molecule has 0 radical (unpaired) electrons. The zero-order valence-electron chi connectivity index (χ0n) is 17.3. The van der Waals surface area contributed by atoms with Crippen molar-refractivity contribution >= 4 is 17.5 Å². The maximum Gasteiger partial charge on any atom is 0.522 e. The summed E-state index contributed by atoms with van der Waals surface area (Å²) in [6.07, 6.45) is -1.09. The van der Waals surface area contributed by atoms with E-state index in [1.165, 1.54) is 6.20 Å². The second kappa shape index (κ2) is 7.78. The Bertz CT molecular complexity index is 1060. The summed E-state index contributed by atoms with van der Waals surface area (Å²) in [5.41, 5.74) is -0.0231. The van der Waals surface area contributed by atoms with Crippen LogP contribution in [0.5, 0.6) is 11.5 Å². The van der Waals surface area contributed by atoms with Gasteiger partial charge in [-0.2, -0.15) is 5.10 Å². The molecule has 8 nitrogen and oxygen atoms in total. The van der Waals surface area contributed by atoms with Crippen LogP contribution in [0.25, 0.3) is 0 Å². The molecule has 3 saturated carbocycles. The lowest BCUT2D eigenvalue weighted by molar-refractivity contribution is -0.325. The highest BCUT2D eigenvalue weighted by atomic mass is 35.5. The number of nitrogens with zero attached hydrogens (tertiary/aromatic N) is 2. The third kappa shape index (κ3) is 4.24. The first-order valence-corrected chi connectivity index (χ1v) is 10.8. The van der Waals surface area contributed by atoms with E-state index in [1.807, 2.05) is 0 Å². The number of ether oxygens (including phenoxy) is 3. The number of aliphatic hydroxyl groups is 1. The molecule has 0 unspecified atom stereocenters. The van der Waals surface area contributed by atoms with Gasteiger partial charge >= 0.3 is 6.36 Å². The van der Waals surface area contributed by atoms with Crippen LogP contribution in [0, 0.1) is 0 Å². The van der Waals surface area contributed by atoms with Gasteiger partial charge < -0.3 is 19.9 Å². The molecule has 2 N–H and O–H groups in total. The first-order chi connectivity index (χ1) is 15.6. The Morgan fingerprint density at radius 3 is 2.82 bits per heavy atom. The fraction of sp³-hybridized carbons (Fsp3) is 0.524. The van der Waals surface area contributed by atoms with Crippen molar-refractivity contribution in [1.29, 1.82) is 0 Å². The molecule has 1 amide bonds. The van der Waals surface area contributed by atoms with Gasteiger partial charge in [-0.15, -0.1) is 13.2 Å². The van der Waals surface area contributed by atoms with Crippen LogP contribution >= 0.6 is 11.6 Å². The van der Waals surface area contributed by atoms with Crippen LogP contribution < -0.4 is 14.8 Å².